The summed E-state index contributed by atoms with van der Waals surface area (Å²) in [4.78, 5) is 15.1. The van der Waals surface area contributed by atoms with E-state index < -0.39 is 15.8 Å². The van der Waals surface area contributed by atoms with Crippen molar-refractivity contribution in [1.29, 1.82) is 0 Å². The van der Waals surface area contributed by atoms with Gasteiger partial charge >= 0.3 is 0 Å². The van der Waals surface area contributed by atoms with E-state index in [0.29, 0.717) is 43.5 Å². The first-order valence-corrected chi connectivity index (χ1v) is 11.6. The van der Waals surface area contributed by atoms with E-state index in [1.807, 2.05) is 6.92 Å². The van der Waals surface area contributed by atoms with E-state index in [1.165, 1.54) is 0 Å². The van der Waals surface area contributed by atoms with Crippen molar-refractivity contribution in [3.63, 3.8) is 0 Å². The normalized spacial score (nSPS) is 27.5. The highest BCUT2D eigenvalue weighted by atomic mass is 32.2. The van der Waals surface area contributed by atoms with Crippen molar-refractivity contribution in [3.05, 3.63) is 23.8 Å². The predicted molar refractivity (Wildman–Crippen MR) is 102 cm³/mol. The monoisotopic (exact) mass is 406 g/mol. The lowest BCUT2D eigenvalue weighted by molar-refractivity contribution is -0.180. The molecule has 2 saturated heterocycles. The molecule has 0 radical (unpaired) electrons. The summed E-state index contributed by atoms with van der Waals surface area (Å²) in [5.41, 5.74) is 1.24. The predicted octanol–water partition coefficient (Wildman–Crippen LogP) is 2.21. The van der Waals surface area contributed by atoms with Gasteiger partial charge in [0.25, 0.3) is 11.7 Å². The molecule has 3 aliphatic heterocycles. The molecule has 4 aliphatic rings. The van der Waals surface area contributed by atoms with E-state index >= 15 is 0 Å². The van der Waals surface area contributed by atoms with Gasteiger partial charge in [0.15, 0.2) is 0 Å². The number of fused-ring (bicyclic) bond motifs is 2. The molecule has 1 aliphatic carbocycles. The second-order valence-corrected chi connectivity index (χ2v) is 10.2. The average Bonchev–Trinajstić information content (AvgIpc) is 3.32. The van der Waals surface area contributed by atoms with Crippen molar-refractivity contribution < 1.29 is 22.7 Å². The van der Waals surface area contributed by atoms with Gasteiger partial charge in [-0.15, -0.1) is 0 Å². The minimum Gasteiger partial charge on any atom is -0.336 e. The Hall–Kier alpha value is -1.48. The summed E-state index contributed by atoms with van der Waals surface area (Å²) in [6.07, 6.45) is 5.03. The van der Waals surface area contributed by atoms with Crippen LogP contribution in [0.25, 0.3) is 0 Å². The number of sulfonamides is 1. The molecule has 1 aromatic rings. The van der Waals surface area contributed by atoms with Crippen LogP contribution in [0.5, 0.6) is 0 Å². The van der Waals surface area contributed by atoms with Gasteiger partial charge in [-0.1, -0.05) is 6.42 Å². The smallest absolute Gasteiger partial charge is 0.292 e. The molecule has 7 nitrogen and oxygen atoms in total. The number of carbonyl (C=O) groups is 1. The van der Waals surface area contributed by atoms with E-state index in [9.17, 15) is 13.2 Å². The molecule has 5 rings (SSSR count). The molecule has 0 bridgehead atoms. The van der Waals surface area contributed by atoms with Crippen LogP contribution in [0.4, 0.5) is 5.69 Å². The third kappa shape index (κ3) is 2.73. The van der Waals surface area contributed by atoms with Crippen molar-refractivity contribution in [3.8, 4) is 0 Å². The summed E-state index contributed by atoms with van der Waals surface area (Å²) in [6.45, 7) is 3.77. The SMILES string of the molecule is C[C@@H]1CCCCN1S(=O)(=O)c1ccc2c(c1)C1(OCCO1)C(=O)N2CC1CC1. The molecule has 1 amide bonds. The Morgan fingerprint density at radius 2 is 1.89 bits per heavy atom. The maximum absolute atomic E-state index is 13.3. The van der Waals surface area contributed by atoms with Crippen LogP contribution in [-0.4, -0.2) is 51.0 Å². The Bertz CT molecular complexity index is 905. The molecule has 3 fully saturated rings. The van der Waals surface area contributed by atoms with Gasteiger partial charge in [-0.2, -0.15) is 4.31 Å². The zero-order valence-corrected chi connectivity index (χ0v) is 16.9. The summed E-state index contributed by atoms with van der Waals surface area (Å²) in [5.74, 6) is -1.21. The zero-order chi connectivity index (χ0) is 19.5. The lowest BCUT2D eigenvalue weighted by Crippen LogP contribution is -2.42. The zero-order valence-electron chi connectivity index (χ0n) is 16.1. The largest absolute Gasteiger partial charge is 0.336 e. The Morgan fingerprint density at radius 1 is 1.14 bits per heavy atom. The van der Waals surface area contributed by atoms with Crippen LogP contribution in [0.1, 0.15) is 44.6 Å². The molecular weight excluding hydrogens is 380 g/mol. The maximum Gasteiger partial charge on any atom is 0.292 e. The van der Waals surface area contributed by atoms with E-state index in [4.69, 9.17) is 9.47 Å². The van der Waals surface area contributed by atoms with Crippen LogP contribution in [0.3, 0.4) is 0 Å². The molecule has 1 spiro atoms. The number of piperidine rings is 1. The molecule has 3 heterocycles. The standard InChI is InChI=1S/C20H26N2O5S/c1-14-4-2-3-9-22(14)28(24,25)16-7-8-18-17(12-16)20(26-10-11-27-20)19(23)21(18)13-15-5-6-15/h7-8,12,14-15H,2-6,9-11,13H2,1H3/t14-/m1/s1. The molecule has 152 valence electrons. The van der Waals surface area contributed by atoms with Gasteiger partial charge in [0.2, 0.25) is 10.0 Å². The fraction of sp³-hybridized carbons (Fsp3) is 0.650. The highest BCUT2D eigenvalue weighted by Crippen LogP contribution is 2.48. The minimum absolute atomic E-state index is 0.0204. The molecule has 8 heteroatoms. The summed E-state index contributed by atoms with van der Waals surface area (Å²) in [6, 6.07) is 4.95. The molecule has 1 atom stereocenters. The van der Waals surface area contributed by atoms with Crippen molar-refractivity contribution >= 4 is 21.6 Å². The topological polar surface area (TPSA) is 76.1 Å². The number of carbonyl (C=O) groups excluding carboxylic acids is 1. The number of rotatable bonds is 4. The molecule has 0 N–H and O–H groups in total. The van der Waals surface area contributed by atoms with Gasteiger partial charge in [0.05, 0.1) is 23.8 Å². The Morgan fingerprint density at radius 3 is 2.57 bits per heavy atom. The third-order valence-corrected chi connectivity index (χ3v) is 8.33. The van der Waals surface area contributed by atoms with Crippen LogP contribution < -0.4 is 4.90 Å². The van der Waals surface area contributed by atoms with Crippen LogP contribution in [-0.2, 0) is 30.1 Å². The number of hydrogen-bond donors (Lipinski definition) is 0. The number of benzene rings is 1. The number of amides is 1. The van der Waals surface area contributed by atoms with Crippen LogP contribution in [0.15, 0.2) is 23.1 Å². The third-order valence-electron chi connectivity index (χ3n) is 6.32. The number of nitrogens with zero attached hydrogens (tertiary/aromatic N) is 2. The van der Waals surface area contributed by atoms with Gasteiger partial charge in [-0.05, 0) is 56.7 Å². The van der Waals surface area contributed by atoms with Crippen molar-refractivity contribution in [1.82, 2.24) is 4.31 Å². The first-order chi connectivity index (χ1) is 13.4. The fourth-order valence-electron chi connectivity index (χ4n) is 4.57. The molecule has 28 heavy (non-hydrogen) atoms. The Balaban J connectivity index is 1.57. The number of hydrogen-bond acceptors (Lipinski definition) is 5. The van der Waals surface area contributed by atoms with Gasteiger partial charge in [-0.25, -0.2) is 8.42 Å². The van der Waals surface area contributed by atoms with Crippen LogP contribution >= 0.6 is 0 Å². The molecular formula is C20H26N2O5S. The maximum atomic E-state index is 13.3. The van der Waals surface area contributed by atoms with E-state index in [-0.39, 0.29) is 16.8 Å². The van der Waals surface area contributed by atoms with Gasteiger partial charge < -0.3 is 14.4 Å². The first kappa shape index (κ1) is 18.5. The minimum atomic E-state index is -3.63. The second kappa shape index (κ2) is 6.52. The Kier molecular flexibility index (Phi) is 4.32. The van der Waals surface area contributed by atoms with Crippen molar-refractivity contribution in [2.24, 2.45) is 5.92 Å². The van der Waals surface area contributed by atoms with E-state index in [2.05, 4.69) is 0 Å². The summed E-state index contributed by atoms with van der Waals surface area (Å²) < 4.78 is 39.7. The first-order valence-electron chi connectivity index (χ1n) is 10.2. The highest BCUT2D eigenvalue weighted by Gasteiger charge is 2.57. The van der Waals surface area contributed by atoms with Gasteiger partial charge in [-0.3, -0.25) is 4.79 Å². The average molecular weight is 407 g/mol. The van der Waals surface area contributed by atoms with Crippen LogP contribution in [0.2, 0.25) is 0 Å². The highest BCUT2D eigenvalue weighted by molar-refractivity contribution is 7.89. The molecule has 0 aromatic heterocycles. The van der Waals surface area contributed by atoms with Gasteiger partial charge in [0, 0.05) is 24.7 Å². The molecule has 0 unspecified atom stereocenters. The summed E-state index contributed by atoms with van der Waals surface area (Å²) in [7, 11) is -3.63. The molecule has 1 saturated carbocycles. The number of anilines is 1. The second-order valence-electron chi connectivity index (χ2n) is 8.31. The van der Waals surface area contributed by atoms with Crippen LogP contribution in [0, 0.1) is 5.92 Å². The number of ether oxygens (including phenoxy) is 2. The lowest BCUT2D eigenvalue weighted by atomic mass is 10.1. The van der Waals surface area contributed by atoms with E-state index in [1.54, 1.807) is 27.4 Å². The Labute approximate surface area is 165 Å². The fourth-order valence-corrected chi connectivity index (χ4v) is 6.30. The van der Waals surface area contributed by atoms with Gasteiger partial charge in [0.1, 0.15) is 0 Å². The summed E-state index contributed by atoms with van der Waals surface area (Å²) >= 11 is 0. The van der Waals surface area contributed by atoms with Crippen molar-refractivity contribution in [2.75, 3.05) is 31.2 Å². The van der Waals surface area contributed by atoms with E-state index in [0.717, 1.165) is 32.1 Å². The molecule has 1 aromatic carbocycles. The summed E-state index contributed by atoms with van der Waals surface area (Å²) in [5, 5.41) is 0. The van der Waals surface area contributed by atoms with Crippen molar-refractivity contribution in [2.45, 2.75) is 55.8 Å². The quantitative estimate of drug-likeness (QED) is 0.766. The lowest BCUT2D eigenvalue weighted by Gasteiger charge is -2.32.